The molecule has 0 bridgehead atoms. The van der Waals surface area contributed by atoms with Gasteiger partial charge in [-0.15, -0.1) is 10.2 Å². The molecular formula is C17H13Cl3FN3O2S2. The van der Waals surface area contributed by atoms with Crippen molar-refractivity contribution < 1.29 is 12.8 Å². The van der Waals surface area contributed by atoms with Gasteiger partial charge in [0.25, 0.3) is 0 Å². The minimum absolute atomic E-state index is 0.0221. The maximum atomic E-state index is 13.6. The highest BCUT2D eigenvalue weighted by Gasteiger charge is 2.19. The molecule has 0 saturated heterocycles. The van der Waals surface area contributed by atoms with Gasteiger partial charge in [-0.2, -0.15) is 0 Å². The van der Waals surface area contributed by atoms with Crippen LogP contribution < -0.4 is 0 Å². The van der Waals surface area contributed by atoms with Crippen molar-refractivity contribution >= 4 is 56.4 Å². The van der Waals surface area contributed by atoms with Crippen molar-refractivity contribution in [3.05, 3.63) is 57.3 Å². The number of sulfone groups is 1. The largest absolute Gasteiger partial charge is 0.270 e. The van der Waals surface area contributed by atoms with Crippen molar-refractivity contribution in [2.75, 3.05) is 17.8 Å². The predicted octanol–water partition coefficient (Wildman–Crippen LogP) is 5.17. The van der Waals surface area contributed by atoms with E-state index in [2.05, 4.69) is 10.2 Å². The first-order valence-corrected chi connectivity index (χ1v) is 12.0. The Hall–Kier alpha value is -1.32. The Kier molecular flexibility index (Phi) is 6.56. The van der Waals surface area contributed by atoms with E-state index < -0.39 is 15.7 Å². The highest BCUT2D eigenvalue weighted by atomic mass is 35.5. The van der Waals surface area contributed by atoms with E-state index >= 15 is 0 Å². The second-order valence-corrected chi connectivity index (χ2v) is 10.4. The molecule has 28 heavy (non-hydrogen) atoms. The zero-order chi connectivity index (χ0) is 20.5. The number of benzene rings is 2. The van der Waals surface area contributed by atoms with Crippen molar-refractivity contribution in [3.63, 3.8) is 0 Å². The molecule has 1 heterocycles. The van der Waals surface area contributed by atoms with E-state index in [1.807, 2.05) is 0 Å². The number of hydrogen-bond donors (Lipinski definition) is 0. The Labute approximate surface area is 180 Å². The molecule has 0 aliphatic carbocycles. The molecule has 0 N–H and O–H groups in total. The van der Waals surface area contributed by atoms with Gasteiger partial charge in [-0.1, -0.05) is 46.6 Å². The molecule has 3 rings (SSSR count). The molecule has 0 aliphatic rings. The SMILES string of the molecule is CS(=O)(=O)CCSc1nnc(-c2ccc(Cl)cc2Cl)n1-c1ccc(F)c(Cl)c1. The average Bonchev–Trinajstić information content (AvgIpc) is 3.00. The van der Waals surface area contributed by atoms with Crippen molar-refractivity contribution in [1.82, 2.24) is 14.8 Å². The van der Waals surface area contributed by atoms with Crippen molar-refractivity contribution in [2.24, 2.45) is 0 Å². The van der Waals surface area contributed by atoms with E-state index in [1.54, 1.807) is 22.8 Å². The van der Waals surface area contributed by atoms with Crippen LogP contribution in [0.1, 0.15) is 0 Å². The highest BCUT2D eigenvalue weighted by Crippen LogP contribution is 2.34. The van der Waals surface area contributed by atoms with Crippen LogP contribution in [0.5, 0.6) is 0 Å². The third-order valence-electron chi connectivity index (χ3n) is 3.65. The lowest BCUT2D eigenvalue weighted by atomic mass is 10.2. The third-order valence-corrected chi connectivity index (χ3v) is 6.62. The Morgan fingerprint density at radius 1 is 1.07 bits per heavy atom. The second-order valence-electron chi connectivity index (χ2n) is 5.84. The van der Waals surface area contributed by atoms with Crippen LogP contribution in [0.3, 0.4) is 0 Å². The van der Waals surface area contributed by atoms with Gasteiger partial charge in [0.2, 0.25) is 0 Å². The van der Waals surface area contributed by atoms with E-state index in [-0.39, 0.29) is 16.5 Å². The highest BCUT2D eigenvalue weighted by molar-refractivity contribution is 8.00. The number of hydrogen-bond acceptors (Lipinski definition) is 5. The lowest BCUT2D eigenvalue weighted by Gasteiger charge is -2.12. The fraction of sp³-hybridized carbons (Fsp3) is 0.176. The van der Waals surface area contributed by atoms with Crippen LogP contribution in [0.15, 0.2) is 41.6 Å². The molecule has 0 unspecified atom stereocenters. The summed E-state index contributed by atoms with van der Waals surface area (Å²) in [4.78, 5) is 0. The van der Waals surface area contributed by atoms with Gasteiger partial charge in [-0.3, -0.25) is 4.57 Å². The quantitative estimate of drug-likeness (QED) is 0.455. The monoisotopic (exact) mass is 479 g/mol. The maximum Gasteiger partial charge on any atom is 0.196 e. The zero-order valence-corrected chi connectivity index (χ0v) is 18.3. The molecule has 0 fully saturated rings. The Bertz CT molecular complexity index is 1140. The van der Waals surface area contributed by atoms with E-state index in [4.69, 9.17) is 34.8 Å². The minimum atomic E-state index is -3.13. The molecular weight excluding hydrogens is 468 g/mol. The summed E-state index contributed by atoms with van der Waals surface area (Å²) in [5.74, 6) is 0.0912. The van der Waals surface area contributed by atoms with Crippen molar-refractivity contribution in [3.8, 4) is 17.1 Å². The third kappa shape index (κ3) is 4.99. The van der Waals surface area contributed by atoms with Crippen LogP contribution in [0, 0.1) is 5.82 Å². The Morgan fingerprint density at radius 2 is 1.82 bits per heavy atom. The minimum Gasteiger partial charge on any atom is -0.270 e. The molecule has 0 spiro atoms. The number of rotatable bonds is 6. The molecule has 5 nitrogen and oxygen atoms in total. The van der Waals surface area contributed by atoms with Crippen LogP contribution >= 0.6 is 46.6 Å². The van der Waals surface area contributed by atoms with Crippen LogP contribution in [0.25, 0.3) is 17.1 Å². The fourth-order valence-corrected chi connectivity index (χ4v) is 5.16. The van der Waals surface area contributed by atoms with E-state index in [1.165, 1.54) is 30.0 Å². The molecule has 0 atom stereocenters. The lowest BCUT2D eigenvalue weighted by Crippen LogP contribution is -2.06. The van der Waals surface area contributed by atoms with Crippen LogP contribution in [0.4, 0.5) is 4.39 Å². The van der Waals surface area contributed by atoms with Crippen LogP contribution in [0.2, 0.25) is 15.1 Å². The summed E-state index contributed by atoms with van der Waals surface area (Å²) in [7, 11) is -3.13. The summed E-state index contributed by atoms with van der Waals surface area (Å²) in [5, 5.41) is 9.54. The lowest BCUT2D eigenvalue weighted by molar-refractivity contribution is 0.603. The summed E-state index contributed by atoms with van der Waals surface area (Å²) in [6.07, 6.45) is 1.16. The zero-order valence-electron chi connectivity index (χ0n) is 14.4. The summed E-state index contributed by atoms with van der Waals surface area (Å²) in [6, 6.07) is 9.13. The van der Waals surface area contributed by atoms with E-state index in [0.717, 1.165) is 6.26 Å². The molecule has 1 aromatic heterocycles. The van der Waals surface area contributed by atoms with Gasteiger partial charge in [-0.05, 0) is 36.4 Å². The van der Waals surface area contributed by atoms with E-state index in [9.17, 15) is 12.8 Å². The topological polar surface area (TPSA) is 64.8 Å². The molecule has 0 saturated carbocycles. The van der Waals surface area contributed by atoms with Gasteiger partial charge in [-0.25, -0.2) is 12.8 Å². The second kappa shape index (κ2) is 8.59. The van der Waals surface area contributed by atoms with Gasteiger partial charge in [0.05, 0.1) is 21.5 Å². The first-order chi connectivity index (χ1) is 13.2. The Morgan fingerprint density at radius 3 is 2.46 bits per heavy atom. The van der Waals surface area contributed by atoms with Crippen molar-refractivity contribution in [1.29, 1.82) is 0 Å². The normalized spacial score (nSPS) is 11.8. The molecule has 0 amide bonds. The van der Waals surface area contributed by atoms with Crippen LogP contribution in [-0.4, -0.2) is 40.9 Å². The van der Waals surface area contributed by atoms with Crippen LogP contribution in [-0.2, 0) is 9.84 Å². The van der Waals surface area contributed by atoms with E-state index in [0.29, 0.717) is 32.3 Å². The average molecular weight is 481 g/mol. The molecule has 0 aliphatic heterocycles. The first-order valence-electron chi connectivity index (χ1n) is 7.82. The number of halogens is 4. The molecule has 11 heteroatoms. The fourth-order valence-electron chi connectivity index (χ4n) is 2.35. The molecule has 2 aromatic carbocycles. The Balaban J connectivity index is 2.10. The summed E-state index contributed by atoms with van der Waals surface area (Å²) in [5.41, 5.74) is 1.08. The number of nitrogens with zero attached hydrogens (tertiary/aromatic N) is 3. The first kappa shape index (κ1) is 21.4. The number of aromatic nitrogens is 3. The molecule has 148 valence electrons. The van der Waals surface area contributed by atoms with Gasteiger partial charge in [0, 0.05) is 22.6 Å². The molecule has 0 radical (unpaired) electrons. The van der Waals surface area contributed by atoms with Gasteiger partial charge in [0.15, 0.2) is 11.0 Å². The summed E-state index contributed by atoms with van der Waals surface area (Å²) >= 11 is 19.4. The molecule has 3 aromatic rings. The van der Waals surface area contributed by atoms with Gasteiger partial charge in [0.1, 0.15) is 15.7 Å². The van der Waals surface area contributed by atoms with Gasteiger partial charge < -0.3 is 0 Å². The smallest absolute Gasteiger partial charge is 0.196 e. The summed E-state index contributed by atoms with van der Waals surface area (Å²) in [6.45, 7) is 0. The number of thioether (sulfide) groups is 1. The maximum absolute atomic E-state index is 13.6. The van der Waals surface area contributed by atoms with Gasteiger partial charge >= 0.3 is 0 Å². The predicted molar refractivity (Wildman–Crippen MR) is 112 cm³/mol. The summed E-state index contributed by atoms with van der Waals surface area (Å²) < 4.78 is 38.1. The van der Waals surface area contributed by atoms with Crippen molar-refractivity contribution in [2.45, 2.75) is 5.16 Å². The standard InChI is InChI=1S/C17H13Cl3FN3O2S2/c1-28(25,26)7-6-27-17-23-22-16(12-4-2-10(18)8-13(12)19)24(17)11-3-5-15(21)14(20)9-11/h2-5,8-9H,6-7H2,1H3.